The summed E-state index contributed by atoms with van der Waals surface area (Å²) < 4.78 is 1.29. The molecule has 27 heavy (non-hydrogen) atoms. The van der Waals surface area contributed by atoms with Crippen LogP contribution in [0.5, 0.6) is 0 Å². The van der Waals surface area contributed by atoms with Crippen LogP contribution in [0.1, 0.15) is 16.8 Å². The minimum Gasteiger partial charge on any atom is -0.379 e. The SMILES string of the molecule is Cc1ccccc1-c1nc2[nH]c(CNc3cccc(Cl)c3C)cc(=O)n2n1. The minimum atomic E-state index is -0.226. The summed E-state index contributed by atoms with van der Waals surface area (Å²) in [6, 6.07) is 15.0. The maximum atomic E-state index is 12.5. The van der Waals surface area contributed by atoms with E-state index in [9.17, 15) is 4.79 Å². The van der Waals surface area contributed by atoms with Crippen LogP contribution in [0.2, 0.25) is 5.02 Å². The average Bonchev–Trinajstić information content (AvgIpc) is 3.08. The summed E-state index contributed by atoms with van der Waals surface area (Å²) in [6.45, 7) is 4.38. The van der Waals surface area contributed by atoms with Crippen LogP contribution in [0.4, 0.5) is 5.69 Å². The monoisotopic (exact) mass is 379 g/mol. The summed E-state index contributed by atoms with van der Waals surface area (Å²) in [4.78, 5) is 20.1. The number of nitrogens with one attached hydrogen (secondary N) is 2. The van der Waals surface area contributed by atoms with Gasteiger partial charge in [0.15, 0.2) is 5.82 Å². The Morgan fingerprint density at radius 2 is 1.96 bits per heavy atom. The number of H-pyrrole nitrogens is 1. The summed E-state index contributed by atoms with van der Waals surface area (Å²) in [7, 11) is 0. The smallest absolute Gasteiger partial charge is 0.275 e. The molecule has 2 aromatic carbocycles. The molecule has 0 atom stereocenters. The molecule has 0 aliphatic rings. The molecule has 2 heterocycles. The lowest BCUT2D eigenvalue weighted by atomic mass is 10.1. The Kier molecular flexibility index (Phi) is 4.41. The Hall–Kier alpha value is -3.12. The second kappa shape index (κ2) is 6.89. The summed E-state index contributed by atoms with van der Waals surface area (Å²) in [6.07, 6.45) is 0. The molecule has 6 nitrogen and oxygen atoms in total. The molecule has 4 aromatic rings. The Bertz CT molecular complexity index is 1190. The molecule has 2 N–H and O–H groups in total. The molecule has 136 valence electrons. The lowest BCUT2D eigenvalue weighted by Gasteiger charge is -2.10. The van der Waals surface area contributed by atoms with Crippen LogP contribution in [-0.4, -0.2) is 19.6 Å². The van der Waals surface area contributed by atoms with Gasteiger partial charge in [0.05, 0.1) is 6.54 Å². The second-order valence-corrected chi connectivity index (χ2v) is 6.79. The molecule has 7 heteroatoms. The van der Waals surface area contributed by atoms with Crippen molar-refractivity contribution in [2.24, 2.45) is 0 Å². The number of halogens is 1. The summed E-state index contributed by atoms with van der Waals surface area (Å²) in [5.74, 6) is 0.942. The lowest BCUT2D eigenvalue weighted by Crippen LogP contribution is -2.17. The predicted molar refractivity (Wildman–Crippen MR) is 107 cm³/mol. The van der Waals surface area contributed by atoms with Crippen molar-refractivity contribution in [3.05, 3.63) is 80.7 Å². The molecule has 4 rings (SSSR count). The fourth-order valence-electron chi connectivity index (χ4n) is 2.96. The van der Waals surface area contributed by atoms with E-state index in [-0.39, 0.29) is 5.56 Å². The molecule has 0 saturated heterocycles. The van der Waals surface area contributed by atoms with Gasteiger partial charge in [-0.05, 0) is 37.1 Å². The van der Waals surface area contributed by atoms with Gasteiger partial charge >= 0.3 is 0 Å². The molecule has 2 aromatic heterocycles. The first-order valence-corrected chi connectivity index (χ1v) is 8.94. The Labute approximate surface area is 160 Å². The van der Waals surface area contributed by atoms with Crippen LogP contribution in [0.3, 0.4) is 0 Å². The Morgan fingerprint density at radius 1 is 1.15 bits per heavy atom. The lowest BCUT2D eigenvalue weighted by molar-refractivity contribution is 0.878. The number of aryl methyl sites for hydroxylation is 1. The highest BCUT2D eigenvalue weighted by Gasteiger charge is 2.12. The zero-order chi connectivity index (χ0) is 19.0. The van der Waals surface area contributed by atoms with Gasteiger partial charge in [0.1, 0.15) is 0 Å². The standard InChI is InChI=1S/C20H18ClN5O/c1-12-6-3-4-7-15(12)19-24-20-23-14(10-18(27)26(20)25-19)11-22-17-9-5-8-16(21)13(17)2/h3-10,22H,11H2,1-2H3,(H,23,24,25). The molecule has 0 unspecified atom stereocenters. The van der Waals surface area contributed by atoms with Gasteiger partial charge in [-0.3, -0.25) is 4.79 Å². The van der Waals surface area contributed by atoms with Crippen LogP contribution in [0, 0.1) is 13.8 Å². The van der Waals surface area contributed by atoms with Crippen molar-refractivity contribution < 1.29 is 0 Å². The molecule has 0 aliphatic carbocycles. The van der Waals surface area contributed by atoms with Crippen LogP contribution >= 0.6 is 11.6 Å². The molecule has 0 radical (unpaired) electrons. The predicted octanol–water partition coefficient (Wildman–Crippen LogP) is 3.97. The van der Waals surface area contributed by atoms with E-state index in [1.54, 1.807) is 0 Å². The Morgan fingerprint density at radius 3 is 2.78 bits per heavy atom. The van der Waals surface area contributed by atoms with Crippen LogP contribution in [-0.2, 0) is 6.54 Å². The van der Waals surface area contributed by atoms with Crippen molar-refractivity contribution in [2.45, 2.75) is 20.4 Å². The van der Waals surface area contributed by atoms with Crippen molar-refractivity contribution in [2.75, 3.05) is 5.32 Å². The maximum Gasteiger partial charge on any atom is 0.275 e. The molecular weight excluding hydrogens is 362 g/mol. The third kappa shape index (κ3) is 3.31. The topological polar surface area (TPSA) is 75.1 Å². The molecule has 0 amide bonds. The fourth-order valence-corrected chi connectivity index (χ4v) is 3.13. The fraction of sp³-hybridized carbons (Fsp3) is 0.150. The number of aromatic amines is 1. The van der Waals surface area contributed by atoms with Crippen LogP contribution < -0.4 is 10.9 Å². The maximum absolute atomic E-state index is 12.5. The van der Waals surface area contributed by atoms with Gasteiger partial charge in [0, 0.05) is 28.0 Å². The van der Waals surface area contributed by atoms with Crippen molar-refractivity contribution in [1.82, 2.24) is 19.6 Å². The molecule has 0 aliphatic heterocycles. The zero-order valence-electron chi connectivity index (χ0n) is 15.0. The molecular formula is C20H18ClN5O. The highest BCUT2D eigenvalue weighted by Crippen LogP contribution is 2.23. The number of nitrogens with zero attached hydrogens (tertiary/aromatic N) is 3. The van der Waals surface area contributed by atoms with E-state index < -0.39 is 0 Å². The van der Waals surface area contributed by atoms with E-state index in [2.05, 4.69) is 20.4 Å². The summed E-state index contributed by atoms with van der Waals surface area (Å²) >= 11 is 6.15. The van der Waals surface area contributed by atoms with Gasteiger partial charge in [-0.2, -0.15) is 9.50 Å². The quantitative estimate of drug-likeness (QED) is 0.562. The number of anilines is 1. The van der Waals surface area contributed by atoms with Crippen molar-refractivity contribution in [3.8, 4) is 11.4 Å². The normalized spacial score (nSPS) is 11.1. The van der Waals surface area contributed by atoms with Crippen molar-refractivity contribution >= 4 is 23.1 Å². The van der Waals surface area contributed by atoms with Crippen molar-refractivity contribution in [1.29, 1.82) is 0 Å². The third-order valence-electron chi connectivity index (χ3n) is 4.51. The van der Waals surface area contributed by atoms with E-state index in [0.717, 1.165) is 28.1 Å². The van der Waals surface area contributed by atoms with E-state index in [0.29, 0.717) is 23.2 Å². The van der Waals surface area contributed by atoms with Gasteiger partial charge in [0.2, 0.25) is 5.78 Å². The van der Waals surface area contributed by atoms with E-state index in [1.807, 2.05) is 56.3 Å². The van der Waals surface area contributed by atoms with E-state index in [1.165, 1.54) is 10.6 Å². The molecule has 0 spiro atoms. The number of rotatable bonds is 4. The van der Waals surface area contributed by atoms with Gasteiger partial charge in [-0.15, -0.1) is 5.10 Å². The first-order valence-electron chi connectivity index (χ1n) is 8.57. The third-order valence-corrected chi connectivity index (χ3v) is 4.92. The minimum absolute atomic E-state index is 0.226. The second-order valence-electron chi connectivity index (χ2n) is 6.38. The summed E-state index contributed by atoms with van der Waals surface area (Å²) in [5, 5.41) is 8.35. The number of hydrogen-bond acceptors (Lipinski definition) is 4. The van der Waals surface area contributed by atoms with Gasteiger partial charge in [0.25, 0.3) is 5.56 Å². The Balaban J connectivity index is 1.66. The van der Waals surface area contributed by atoms with Crippen LogP contribution in [0.15, 0.2) is 53.3 Å². The number of hydrogen-bond donors (Lipinski definition) is 2. The number of aromatic nitrogens is 4. The van der Waals surface area contributed by atoms with E-state index in [4.69, 9.17) is 11.6 Å². The number of fused-ring (bicyclic) bond motifs is 1. The highest BCUT2D eigenvalue weighted by molar-refractivity contribution is 6.31. The van der Waals surface area contributed by atoms with Gasteiger partial charge in [-0.25, -0.2) is 0 Å². The average molecular weight is 380 g/mol. The van der Waals surface area contributed by atoms with Gasteiger partial charge < -0.3 is 10.3 Å². The largest absolute Gasteiger partial charge is 0.379 e. The van der Waals surface area contributed by atoms with Crippen LogP contribution in [0.25, 0.3) is 17.2 Å². The molecule has 0 saturated carbocycles. The highest BCUT2D eigenvalue weighted by atomic mass is 35.5. The summed E-state index contributed by atoms with van der Waals surface area (Å²) in [5.41, 5.74) is 4.34. The zero-order valence-corrected chi connectivity index (χ0v) is 15.7. The number of benzene rings is 2. The van der Waals surface area contributed by atoms with Gasteiger partial charge in [-0.1, -0.05) is 41.9 Å². The first kappa shape index (κ1) is 17.3. The molecule has 0 bridgehead atoms. The van der Waals surface area contributed by atoms with E-state index >= 15 is 0 Å². The first-order chi connectivity index (χ1) is 13.0. The molecule has 0 fully saturated rings. The van der Waals surface area contributed by atoms with Crippen molar-refractivity contribution in [3.63, 3.8) is 0 Å².